The Hall–Kier alpha value is -2.78. The molecule has 0 aliphatic carbocycles. The van der Waals surface area contributed by atoms with Gasteiger partial charge in [-0.1, -0.05) is 23.1 Å². The molecule has 0 radical (unpaired) electrons. The topological polar surface area (TPSA) is 84.0 Å². The highest BCUT2D eigenvalue weighted by molar-refractivity contribution is 8.01. The van der Waals surface area contributed by atoms with Crippen LogP contribution < -0.4 is 10.6 Å². The Morgan fingerprint density at radius 3 is 2.82 bits per heavy atom. The van der Waals surface area contributed by atoms with E-state index < -0.39 is 0 Å². The molecule has 2 N–H and O–H groups in total. The number of benzene rings is 2. The fourth-order valence-electron chi connectivity index (χ4n) is 2.74. The monoisotopic (exact) mass is 414 g/mol. The van der Waals surface area contributed by atoms with E-state index in [0.717, 1.165) is 11.3 Å². The second kappa shape index (κ2) is 8.07. The summed E-state index contributed by atoms with van der Waals surface area (Å²) in [5, 5.41) is 14.5. The smallest absolute Gasteiger partial charge is 0.224 e. The zero-order valence-electron chi connectivity index (χ0n) is 14.6. The molecule has 0 saturated heterocycles. The number of anilines is 3. The van der Waals surface area contributed by atoms with Crippen molar-refractivity contribution in [1.82, 2.24) is 10.2 Å². The van der Waals surface area contributed by atoms with Crippen LogP contribution in [0.25, 0.3) is 0 Å². The Bertz CT molecular complexity index is 1040. The second-order valence-electron chi connectivity index (χ2n) is 6.14. The molecule has 6 nitrogen and oxygen atoms in total. The molecule has 142 valence electrons. The number of ketones is 1. The van der Waals surface area contributed by atoms with Crippen LogP contribution in [0.3, 0.4) is 0 Å². The van der Waals surface area contributed by atoms with Gasteiger partial charge in [0, 0.05) is 23.4 Å². The molecule has 0 spiro atoms. The van der Waals surface area contributed by atoms with Gasteiger partial charge >= 0.3 is 0 Å². The first kappa shape index (κ1) is 18.6. The minimum Gasteiger partial charge on any atom is -0.330 e. The van der Waals surface area contributed by atoms with Crippen LogP contribution in [0.5, 0.6) is 0 Å². The van der Waals surface area contributed by atoms with Crippen LogP contribution in [0.1, 0.15) is 22.3 Å². The maximum Gasteiger partial charge on any atom is 0.224 e. The van der Waals surface area contributed by atoms with Crippen LogP contribution in [0.4, 0.5) is 20.9 Å². The molecule has 1 aliphatic heterocycles. The number of aromatic nitrogens is 2. The number of nitrogens with zero attached hydrogens (tertiary/aromatic N) is 2. The van der Waals surface area contributed by atoms with Gasteiger partial charge < -0.3 is 10.6 Å². The average molecular weight is 414 g/mol. The lowest BCUT2D eigenvalue weighted by molar-refractivity contribution is -0.116. The number of fused-ring (bicyclic) bond motifs is 1. The Balaban J connectivity index is 1.35. The van der Waals surface area contributed by atoms with Crippen LogP contribution >= 0.6 is 23.1 Å². The summed E-state index contributed by atoms with van der Waals surface area (Å²) in [6, 6.07) is 11.3. The first-order chi connectivity index (χ1) is 13.6. The van der Waals surface area contributed by atoms with Crippen molar-refractivity contribution < 1.29 is 14.0 Å². The first-order valence-electron chi connectivity index (χ1n) is 8.52. The summed E-state index contributed by atoms with van der Waals surface area (Å²) < 4.78 is 13.6. The summed E-state index contributed by atoms with van der Waals surface area (Å²) in [6.45, 7) is 0. The first-order valence-corrected chi connectivity index (χ1v) is 10.3. The van der Waals surface area contributed by atoms with Crippen molar-refractivity contribution in [2.45, 2.75) is 17.2 Å². The quantitative estimate of drug-likeness (QED) is 0.463. The third kappa shape index (κ3) is 4.37. The molecule has 1 aliphatic rings. The highest BCUT2D eigenvalue weighted by Crippen LogP contribution is 2.29. The van der Waals surface area contributed by atoms with Crippen LogP contribution in [-0.4, -0.2) is 27.6 Å². The number of aryl methyl sites for hydroxylation is 1. The Kier molecular flexibility index (Phi) is 5.36. The number of hydrogen-bond acceptors (Lipinski definition) is 7. The molecule has 0 fully saturated rings. The summed E-state index contributed by atoms with van der Waals surface area (Å²) in [5.41, 5.74) is 3.10. The molecule has 28 heavy (non-hydrogen) atoms. The van der Waals surface area contributed by atoms with Crippen LogP contribution in [-0.2, 0) is 11.2 Å². The molecular formula is C19H15FN4O2S2. The van der Waals surface area contributed by atoms with E-state index in [1.807, 2.05) is 6.07 Å². The standard InChI is InChI=1S/C19H15FN4O2S2/c20-13-3-5-14(6-4-13)21-18-23-24-19(28-18)27-10-16(25)12-1-7-15-11(9-12)2-8-17(26)22-15/h1,3-7,9H,2,8,10H2,(H,21,23)(H,22,26). The molecule has 4 rings (SSSR count). The van der Waals surface area contributed by atoms with E-state index in [4.69, 9.17) is 0 Å². The van der Waals surface area contributed by atoms with Crippen molar-refractivity contribution in [1.29, 1.82) is 0 Å². The van der Waals surface area contributed by atoms with Crippen LogP contribution in [0.15, 0.2) is 46.8 Å². The lowest BCUT2D eigenvalue weighted by atomic mass is 9.99. The number of Topliss-reactive ketones (excluding diaryl/α,β-unsaturated/α-hetero) is 1. The Morgan fingerprint density at radius 1 is 1.18 bits per heavy atom. The van der Waals surface area contributed by atoms with Gasteiger partial charge in [-0.2, -0.15) is 0 Å². The van der Waals surface area contributed by atoms with E-state index in [2.05, 4.69) is 20.8 Å². The van der Waals surface area contributed by atoms with Gasteiger partial charge in [-0.3, -0.25) is 9.59 Å². The van der Waals surface area contributed by atoms with Crippen molar-refractivity contribution in [3.8, 4) is 0 Å². The fraction of sp³-hybridized carbons (Fsp3) is 0.158. The number of nitrogens with one attached hydrogen (secondary N) is 2. The minimum absolute atomic E-state index is 0.00320. The molecule has 9 heteroatoms. The number of carbonyl (C=O) groups is 2. The van der Waals surface area contributed by atoms with Crippen LogP contribution in [0, 0.1) is 5.82 Å². The molecule has 3 aromatic rings. The van der Waals surface area contributed by atoms with E-state index in [0.29, 0.717) is 33.6 Å². The van der Waals surface area contributed by atoms with Gasteiger partial charge in [0.05, 0.1) is 5.75 Å². The number of thioether (sulfide) groups is 1. The number of rotatable bonds is 6. The molecule has 1 amide bonds. The number of hydrogen-bond donors (Lipinski definition) is 2. The Morgan fingerprint density at radius 2 is 2.00 bits per heavy atom. The summed E-state index contributed by atoms with van der Waals surface area (Å²) >= 11 is 2.65. The van der Waals surface area contributed by atoms with E-state index >= 15 is 0 Å². The van der Waals surface area contributed by atoms with Crippen LogP contribution in [0.2, 0.25) is 0 Å². The summed E-state index contributed by atoms with van der Waals surface area (Å²) in [5.74, 6) is -0.0606. The SMILES string of the molecule is O=C1CCc2cc(C(=O)CSc3nnc(Nc4ccc(F)cc4)s3)ccc2N1. The van der Waals surface area contributed by atoms with Crippen molar-refractivity contribution in [2.24, 2.45) is 0 Å². The molecule has 0 unspecified atom stereocenters. The lowest BCUT2D eigenvalue weighted by Crippen LogP contribution is -2.19. The summed E-state index contributed by atoms with van der Waals surface area (Å²) in [7, 11) is 0. The normalized spacial score (nSPS) is 13.0. The Labute approximate surface area is 168 Å². The van der Waals surface area contributed by atoms with Gasteiger partial charge in [-0.05, 0) is 54.4 Å². The predicted octanol–water partition coefficient (Wildman–Crippen LogP) is 4.28. The second-order valence-corrected chi connectivity index (χ2v) is 8.34. The van der Waals surface area contributed by atoms with Crippen molar-refractivity contribution >= 4 is 51.3 Å². The predicted molar refractivity (Wildman–Crippen MR) is 108 cm³/mol. The van der Waals surface area contributed by atoms with Crippen molar-refractivity contribution in [3.63, 3.8) is 0 Å². The van der Waals surface area contributed by atoms with E-state index in [9.17, 15) is 14.0 Å². The number of halogens is 1. The maximum absolute atomic E-state index is 12.9. The summed E-state index contributed by atoms with van der Waals surface area (Å²) in [6.07, 6.45) is 1.08. The fourth-order valence-corrected chi connectivity index (χ4v) is 4.41. The van der Waals surface area contributed by atoms with Gasteiger partial charge in [-0.25, -0.2) is 4.39 Å². The van der Waals surface area contributed by atoms with Crippen molar-refractivity contribution in [3.05, 3.63) is 59.4 Å². The van der Waals surface area contributed by atoms with Gasteiger partial charge in [0.1, 0.15) is 5.82 Å². The third-order valence-electron chi connectivity index (χ3n) is 4.15. The van der Waals surface area contributed by atoms with Gasteiger partial charge in [0.15, 0.2) is 10.1 Å². The zero-order chi connectivity index (χ0) is 19.5. The highest BCUT2D eigenvalue weighted by atomic mass is 32.2. The van der Waals surface area contributed by atoms with E-state index in [-0.39, 0.29) is 23.3 Å². The van der Waals surface area contributed by atoms with Crippen molar-refractivity contribution in [2.75, 3.05) is 16.4 Å². The van der Waals surface area contributed by atoms with E-state index in [1.54, 1.807) is 24.3 Å². The number of carbonyl (C=O) groups excluding carboxylic acids is 2. The number of amides is 1. The van der Waals surface area contributed by atoms with Gasteiger partial charge in [-0.15, -0.1) is 10.2 Å². The molecule has 2 aromatic carbocycles. The highest BCUT2D eigenvalue weighted by Gasteiger charge is 2.17. The van der Waals surface area contributed by atoms with E-state index in [1.165, 1.54) is 35.2 Å². The molecule has 0 bridgehead atoms. The molecule has 0 saturated carbocycles. The van der Waals surface area contributed by atoms with Gasteiger partial charge in [0.25, 0.3) is 0 Å². The van der Waals surface area contributed by atoms with Gasteiger partial charge in [0.2, 0.25) is 11.0 Å². The zero-order valence-corrected chi connectivity index (χ0v) is 16.2. The molecule has 0 atom stereocenters. The maximum atomic E-state index is 12.9. The molecule has 2 heterocycles. The minimum atomic E-state index is -0.304. The molecular weight excluding hydrogens is 399 g/mol. The summed E-state index contributed by atoms with van der Waals surface area (Å²) in [4.78, 5) is 23.9. The lowest BCUT2D eigenvalue weighted by Gasteiger charge is -2.17. The average Bonchev–Trinajstić information content (AvgIpc) is 3.15. The largest absolute Gasteiger partial charge is 0.330 e. The third-order valence-corrected chi connectivity index (χ3v) is 6.12. The molecule has 1 aromatic heterocycles.